The van der Waals surface area contributed by atoms with E-state index >= 15 is 0 Å². The predicted octanol–water partition coefficient (Wildman–Crippen LogP) is 2.44. The summed E-state index contributed by atoms with van der Waals surface area (Å²) in [6, 6.07) is 13.1. The molecular formula is C27H33N5O4. The zero-order valence-corrected chi connectivity index (χ0v) is 20.7. The number of imidazole rings is 1. The molecule has 0 unspecified atom stereocenters. The lowest BCUT2D eigenvalue weighted by Gasteiger charge is -2.41. The number of fused-ring (bicyclic) bond motifs is 1. The Labute approximate surface area is 210 Å². The van der Waals surface area contributed by atoms with Crippen molar-refractivity contribution in [3.8, 4) is 5.75 Å². The monoisotopic (exact) mass is 491 g/mol. The van der Waals surface area contributed by atoms with Crippen LogP contribution in [-0.4, -0.2) is 88.1 Å². The largest absolute Gasteiger partial charge is 0.492 e. The number of hydrogen-bond acceptors (Lipinski definition) is 6. The first-order valence-corrected chi connectivity index (χ1v) is 12.6. The molecule has 0 saturated carbocycles. The molecule has 190 valence electrons. The van der Waals surface area contributed by atoms with Gasteiger partial charge in [0.1, 0.15) is 23.8 Å². The van der Waals surface area contributed by atoms with Crippen molar-refractivity contribution in [2.45, 2.75) is 31.3 Å². The number of amides is 2. The quantitative estimate of drug-likeness (QED) is 0.521. The SMILES string of the molecule is CN(CC1(O)CCN(c2cccc3nccn23)CC1)C(=O)c1ccc(OCCN2CCCC2=O)cc1. The van der Waals surface area contributed by atoms with Crippen molar-refractivity contribution in [1.82, 2.24) is 19.2 Å². The van der Waals surface area contributed by atoms with E-state index in [0.717, 1.165) is 24.4 Å². The second-order valence-electron chi connectivity index (χ2n) is 9.77. The van der Waals surface area contributed by atoms with Crippen LogP contribution in [0.5, 0.6) is 5.75 Å². The summed E-state index contributed by atoms with van der Waals surface area (Å²) in [6.07, 6.45) is 6.42. The molecule has 5 rings (SSSR count). The van der Waals surface area contributed by atoms with Crippen molar-refractivity contribution in [3.63, 3.8) is 0 Å². The summed E-state index contributed by atoms with van der Waals surface area (Å²) in [5.41, 5.74) is 0.518. The fourth-order valence-corrected chi connectivity index (χ4v) is 5.14. The first-order chi connectivity index (χ1) is 17.4. The van der Waals surface area contributed by atoms with Gasteiger partial charge in [-0.2, -0.15) is 0 Å². The van der Waals surface area contributed by atoms with E-state index in [1.165, 1.54) is 0 Å². The number of nitrogens with zero attached hydrogens (tertiary/aromatic N) is 5. The number of likely N-dealkylation sites (tertiary alicyclic amines) is 1. The Balaban J connectivity index is 1.12. The number of aliphatic hydroxyl groups is 1. The number of likely N-dealkylation sites (N-methyl/N-ethyl adjacent to an activating group) is 1. The smallest absolute Gasteiger partial charge is 0.253 e. The average molecular weight is 492 g/mol. The van der Waals surface area contributed by atoms with E-state index < -0.39 is 5.60 Å². The molecule has 2 aliphatic rings. The number of pyridine rings is 1. The first kappa shape index (κ1) is 24.1. The molecule has 4 heterocycles. The highest BCUT2D eigenvalue weighted by Crippen LogP contribution is 2.28. The molecule has 2 fully saturated rings. The van der Waals surface area contributed by atoms with Crippen molar-refractivity contribution in [2.24, 2.45) is 0 Å². The lowest BCUT2D eigenvalue weighted by atomic mass is 9.90. The molecule has 0 radical (unpaired) electrons. The Morgan fingerprint density at radius 3 is 2.64 bits per heavy atom. The minimum absolute atomic E-state index is 0.136. The van der Waals surface area contributed by atoms with Gasteiger partial charge in [0.25, 0.3) is 5.91 Å². The molecule has 2 saturated heterocycles. The van der Waals surface area contributed by atoms with Gasteiger partial charge < -0.3 is 24.5 Å². The van der Waals surface area contributed by atoms with Crippen LogP contribution >= 0.6 is 0 Å². The van der Waals surface area contributed by atoms with Crippen LogP contribution < -0.4 is 9.64 Å². The molecule has 0 bridgehead atoms. The molecule has 9 heteroatoms. The number of ether oxygens (including phenoxy) is 1. The molecule has 0 spiro atoms. The molecule has 2 aliphatic heterocycles. The van der Waals surface area contributed by atoms with Gasteiger partial charge in [0.2, 0.25) is 5.91 Å². The third kappa shape index (κ3) is 5.16. The Hall–Kier alpha value is -3.59. The Kier molecular flexibility index (Phi) is 6.82. The maximum Gasteiger partial charge on any atom is 0.253 e. The van der Waals surface area contributed by atoms with Crippen molar-refractivity contribution in [1.29, 1.82) is 0 Å². The number of hydrogen-bond donors (Lipinski definition) is 1. The lowest BCUT2D eigenvalue weighted by Crippen LogP contribution is -2.51. The van der Waals surface area contributed by atoms with Crippen LogP contribution in [0.25, 0.3) is 5.65 Å². The fourth-order valence-electron chi connectivity index (χ4n) is 5.14. The van der Waals surface area contributed by atoms with Gasteiger partial charge in [-0.25, -0.2) is 4.98 Å². The molecule has 0 atom stereocenters. The van der Waals surface area contributed by atoms with Gasteiger partial charge in [-0.15, -0.1) is 0 Å². The highest BCUT2D eigenvalue weighted by Gasteiger charge is 2.35. The van der Waals surface area contributed by atoms with Crippen molar-refractivity contribution >= 4 is 23.3 Å². The molecule has 2 aromatic heterocycles. The normalized spacial score (nSPS) is 17.6. The molecule has 0 aliphatic carbocycles. The molecule has 3 aromatic rings. The second-order valence-corrected chi connectivity index (χ2v) is 9.77. The van der Waals surface area contributed by atoms with Crippen LogP contribution in [0.3, 0.4) is 0 Å². The molecule has 36 heavy (non-hydrogen) atoms. The van der Waals surface area contributed by atoms with Gasteiger partial charge in [-0.05, 0) is 55.7 Å². The Morgan fingerprint density at radius 1 is 1.14 bits per heavy atom. The minimum Gasteiger partial charge on any atom is -0.492 e. The van der Waals surface area contributed by atoms with Crippen molar-refractivity contribution in [2.75, 3.05) is 51.3 Å². The van der Waals surface area contributed by atoms with Gasteiger partial charge in [0.05, 0.1) is 12.1 Å². The number of rotatable bonds is 8. The highest BCUT2D eigenvalue weighted by molar-refractivity contribution is 5.94. The van der Waals surface area contributed by atoms with E-state index in [1.807, 2.05) is 23.2 Å². The summed E-state index contributed by atoms with van der Waals surface area (Å²) in [4.78, 5) is 34.7. The molecule has 1 N–H and O–H groups in total. The third-order valence-corrected chi connectivity index (χ3v) is 7.21. The van der Waals surface area contributed by atoms with E-state index in [9.17, 15) is 14.7 Å². The summed E-state index contributed by atoms with van der Waals surface area (Å²) >= 11 is 0. The average Bonchev–Trinajstić information content (AvgIpc) is 3.53. The fraction of sp³-hybridized carbons (Fsp3) is 0.444. The van der Waals surface area contributed by atoms with Gasteiger partial charge >= 0.3 is 0 Å². The number of piperidine rings is 1. The predicted molar refractivity (Wildman–Crippen MR) is 136 cm³/mol. The zero-order chi connectivity index (χ0) is 25.1. The molecule has 1 aromatic carbocycles. The summed E-state index contributed by atoms with van der Waals surface area (Å²) < 4.78 is 7.80. The molecule has 9 nitrogen and oxygen atoms in total. The first-order valence-electron chi connectivity index (χ1n) is 12.6. The summed E-state index contributed by atoms with van der Waals surface area (Å²) in [5, 5.41) is 11.2. The van der Waals surface area contributed by atoms with Crippen molar-refractivity contribution < 1.29 is 19.4 Å². The second kappa shape index (κ2) is 10.2. The van der Waals surface area contributed by atoms with Crippen LogP contribution in [0.4, 0.5) is 5.82 Å². The maximum absolute atomic E-state index is 13.0. The van der Waals surface area contributed by atoms with Crippen LogP contribution in [0, 0.1) is 0 Å². The van der Waals surface area contributed by atoms with E-state index in [4.69, 9.17) is 4.74 Å². The summed E-state index contributed by atoms with van der Waals surface area (Å²) in [6.45, 7) is 3.48. The summed E-state index contributed by atoms with van der Waals surface area (Å²) in [5.74, 6) is 1.78. The zero-order valence-electron chi connectivity index (χ0n) is 20.7. The van der Waals surface area contributed by atoms with E-state index in [2.05, 4.69) is 20.4 Å². The highest BCUT2D eigenvalue weighted by atomic mass is 16.5. The lowest BCUT2D eigenvalue weighted by molar-refractivity contribution is -0.128. The molecular weight excluding hydrogens is 458 g/mol. The van der Waals surface area contributed by atoms with E-state index in [-0.39, 0.29) is 18.4 Å². The topological polar surface area (TPSA) is 90.6 Å². The van der Waals surface area contributed by atoms with Crippen molar-refractivity contribution in [3.05, 3.63) is 60.4 Å². The number of aromatic nitrogens is 2. The van der Waals surface area contributed by atoms with Crippen LogP contribution in [0.1, 0.15) is 36.0 Å². The summed E-state index contributed by atoms with van der Waals surface area (Å²) in [7, 11) is 1.73. The Morgan fingerprint density at radius 2 is 1.92 bits per heavy atom. The van der Waals surface area contributed by atoms with Gasteiger partial charge in [-0.1, -0.05) is 6.07 Å². The van der Waals surface area contributed by atoms with E-state index in [0.29, 0.717) is 56.8 Å². The number of carbonyl (C=O) groups excluding carboxylic acids is 2. The number of benzene rings is 1. The van der Waals surface area contributed by atoms with Gasteiger partial charge in [0.15, 0.2) is 0 Å². The van der Waals surface area contributed by atoms with Crippen LogP contribution in [0.15, 0.2) is 54.9 Å². The minimum atomic E-state index is -0.931. The van der Waals surface area contributed by atoms with Crippen LogP contribution in [0.2, 0.25) is 0 Å². The van der Waals surface area contributed by atoms with E-state index in [1.54, 1.807) is 42.4 Å². The van der Waals surface area contributed by atoms with Gasteiger partial charge in [0, 0.05) is 57.6 Å². The standard InChI is InChI=1S/C27H33N5O4/c1-29(26(34)21-7-9-22(10-8-21)36-19-18-31-14-3-6-25(31)33)20-27(35)11-15-30(16-12-27)24-5-2-4-23-28-13-17-32(23)24/h2,4-5,7-10,13,17,35H,3,6,11-12,14-16,18-20H2,1H3. The third-order valence-electron chi connectivity index (χ3n) is 7.21. The Bertz CT molecular complexity index is 1220. The van der Waals surface area contributed by atoms with Gasteiger partial charge in [-0.3, -0.25) is 14.0 Å². The number of anilines is 1. The van der Waals surface area contributed by atoms with Crippen LogP contribution in [-0.2, 0) is 4.79 Å². The number of carbonyl (C=O) groups is 2. The molecule has 2 amide bonds. The maximum atomic E-state index is 13.0.